The van der Waals surface area contributed by atoms with E-state index in [0.29, 0.717) is 21.9 Å². The molecule has 0 saturated carbocycles. The third-order valence-electron chi connectivity index (χ3n) is 2.35. The molecule has 1 nitrogen and oxygen atoms in total. The molecule has 4 heteroatoms. The van der Waals surface area contributed by atoms with Gasteiger partial charge in [-0.05, 0) is 40.9 Å². The maximum atomic E-state index is 13.2. The van der Waals surface area contributed by atoms with E-state index in [-0.39, 0.29) is 5.82 Å². The highest BCUT2D eigenvalue weighted by molar-refractivity contribution is 9.10. The monoisotopic (exact) mass is 351 g/mol. The summed E-state index contributed by atoms with van der Waals surface area (Å²) in [7, 11) is 0. The number of hydrogen-bond acceptors (Lipinski definition) is 1. The van der Waals surface area contributed by atoms with Crippen molar-refractivity contribution in [2.24, 2.45) is 0 Å². The van der Waals surface area contributed by atoms with E-state index in [4.69, 9.17) is 0 Å². The molecular weight excluding hydrogens is 337 g/mol. The van der Waals surface area contributed by atoms with Crippen molar-refractivity contribution in [1.82, 2.24) is 5.32 Å². The second-order valence-corrected chi connectivity index (χ2v) is 6.37. The van der Waals surface area contributed by atoms with Crippen LogP contribution in [0.3, 0.4) is 0 Å². The first-order chi connectivity index (χ1) is 7.50. The van der Waals surface area contributed by atoms with Gasteiger partial charge in [-0.15, -0.1) is 0 Å². The van der Waals surface area contributed by atoms with E-state index in [1.807, 2.05) is 6.07 Å². The summed E-state index contributed by atoms with van der Waals surface area (Å²) in [5.74, 6) is -0.208. The van der Waals surface area contributed by atoms with Gasteiger partial charge in [0.2, 0.25) is 0 Å². The maximum Gasteiger partial charge on any atom is 0.137 e. The fraction of sp³-hybridized carbons (Fsp3) is 0.500. The SMILES string of the molecule is CC(Br)CC(C)NCc1cccc(F)c1Br. The van der Waals surface area contributed by atoms with Gasteiger partial charge in [-0.2, -0.15) is 0 Å². The molecule has 0 heterocycles. The van der Waals surface area contributed by atoms with Crippen LogP contribution in [0.25, 0.3) is 0 Å². The Labute approximate surface area is 113 Å². The minimum absolute atomic E-state index is 0.208. The van der Waals surface area contributed by atoms with Gasteiger partial charge < -0.3 is 5.32 Å². The predicted octanol–water partition coefficient (Wildman–Crippen LogP) is 4.24. The molecule has 1 N–H and O–H groups in total. The molecule has 2 atom stereocenters. The Morgan fingerprint density at radius 2 is 2.06 bits per heavy atom. The molecule has 1 aromatic carbocycles. The third kappa shape index (κ3) is 4.52. The Bertz CT molecular complexity index is 342. The van der Waals surface area contributed by atoms with Crippen LogP contribution in [-0.4, -0.2) is 10.9 Å². The fourth-order valence-electron chi connectivity index (χ4n) is 1.54. The Kier molecular flexibility index (Phi) is 5.94. The van der Waals surface area contributed by atoms with E-state index in [2.05, 4.69) is 51.0 Å². The van der Waals surface area contributed by atoms with Crippen LogP contribution in [0.4, 0.5) is 4.39 Å². The number of halogens is 3. The standard InChI is InChI=1S/C12H16Br2FN/c1-8(13)6-9(2)16-7-10-4-3-5-11(15)12(10)14/h3-5,8-9,16H,6-7H2,1-2H3. The quantitative estimate of drug-likeness (QED) is 0.781. The Morgan fingerprint density at radius 3 is 2.69 bits per heavy atom. The van der Waals surface area contributed by atoms with Gasteiger partial charge in [0.05, 0.1) is 4.47 Å². The summed E-state index contributed by atoms with van der Waals surface area (Å²) >= 11 is 6.77. The molecule has 0 radical (unpaired) electrons. The van der Waals surface area contributed by atoms with Gasteiger partial charge >= 0.3 is 0 Å². The number of alkyl halides is 1. The maximum absolute atomic E-state index is 13.2. The van der Waals surface area contributed by atoms with Crippen molar-refractivity contribution >= 4 is 31.9 Å². The fourth-order valence-corrected chi connectivity index (χ4v) is 2.50. The molecule has 0 amide bonds. The Morgan fingerprint density at radius 1 is 1.38 bits per heavy atom. The molecule has 0 aromatic heterocycles. The first kappa shape index (κ1) is 14.1. The second-order valence-electron chi connectivity index (χ2n) is 4.01. The van der Waals surface area contributed by atoms with Gasteiger partial charge in [0.25, 0.3) is 0 Å². The summed E-state index contributed by atoms with van der Waals surface area (Å²) in [5, 5.41) is 3.37. The molecule has 0 aliphatic carbocycles. The molecule has 1 aromatic rings. The number of benzene rings is 1. The lowest BCUT2D eigenvalue weighted by molar-refractivity contribution is 0.513. The molecule has 0 fully saturated rings. The highest BCUT2D eigenvalue weighted by Crippen LogP contribution is 2.20. The van der Waals surface area contributed by atoms with E-state index in [9.17, 15) is 4.39 Å². The molecular formula is C12H16Br2FN. The highest BCUT2D eigenvalue weighted by atomic mass is 79.9. The van der Waals surface area contributed by atoms with Crippen molar-refractivity contribution < 1.29 is 4.39 Å². The number of hydrogen-bond donors (Lipinski definition) is 1. The van der Waals surface area contributed by atoms with Crippen LogP contribution in [0.2, 0.25) is 0 Å². The topological polar surface area (TPSA) is 12.0 Å². The molecule has 0 spiro atoms. The zero-order valence-corrected chi connectivity index (χ0v) is 12.6. The van der Waals surface area contributed by atoms with Crippen molar-refractivity contribution in [3.05, 3.63) is 34.1 Å². The molecule has 90 valence electrons. The lowest BCUT2D eigenvalue weighted by atomic mass is 10.1. The van der Waals surface area contributed by atoms with Gasteiger partial charge in [0, 0.05) is 17.4 Å². The van der Waals surface area contributed by atoms with Crippen LogP contribution in [0, 0.1) is 5.82 Å². The van der Waals surface area contributed by atoms with Gasteiger partial charge in [-0.1, -0.05) is 35.0 Å². The van der Waals surface area contributed by atoms with Crippen LogP contribution in [0.15, 0.2) is 22.7 Å². The van der Waals surface area contributed by atoms with Crippen LogP contribution in [0.1, 0.15) is 25.8 Å². The molecule has 16 heavy (non-hydrogen) atoms. The zero-order chi connectivity index (χ0) is 12.1. The van der Waals surface area contributed by atoms with E-state index < -0.39 is 0 Å². The summed E-state index contributed by atoms with van der Waals surface area (Å²) in [4.78, 5) is 0.492. The van der Waals surface area contributed by atoms with Gasteiger partial charge in [-0.25, -0.2) is 4.39 Å². The molecule has 0 bridgehead atoms. The van der Waals surface area contributed by atoms with Gasteiger partial charge in [-0.3, -0.25) is 0 Å². The predicted molar refractivity (Wildman–Crippen MR) is 73.4 cm³/mol. The molecule has 0 aliphatic rings. The number of rotatable bonds is 5. The first-order valence-electron chi connectivity index (χ1n) is 5.31. The van der Waals surface area contributed by atoms with Crippen molar-refractivity contribution in [2.45, 2.75) is 37.7 Å². The normalized spacial score (nSPS) is 14.8. The van der Waals surface area contributed by atoms with E-state index in [1.165, 1.54) is 6.07 Å². The minimum atomic E-state index is -0.208. The van der Waals surface area contributed by atoms with Crippen LogP contribution < -0.4 is 5.32 Å². The lowest BCUT2D eigenvalue weighted by Crippen LogP contribution is -2.27. The summed E-state index contributed by atoms with van der Waals surface area (Å²) in [5.41, 5.74) is 0.953. The van der Waals surface area contributed by atoms with Gasteiger partial charge in [0.1, 0.15) is 5.82 Å². The van der Waals surface area contributed by atoms with E-state index >= 15 is 0 Å². The highest BCUT2D eigenvalue weighted by Gasteiger charge is 2.08. The molecule has 0 saturated heterocycles. The zero-order valence-electron chi connectivity index (χ0n) is 9.43. The van der Waals surface area contributed by atoms with Crippen molar-refractivity contribution in [1.29, 1.82) is 0 Å². The third-order valence-corrected chi connectivity index (χ3v) is 3.61. The average Bonchev–Trinajstić information content (AvgIpc) is 2.19. The molecule has 1 rings (SSSR count). The van der Waals surface area contributed by atoms with Crippen molar-refractivity contribution in [2.75, 3.05) is 0 Å². The van der Waals surface area contributed by atoms with E-state index in [0.717, 1.165) is 12.0 Å². The smallest absolute Gasteiger partial charge is 0.137 e. The van der Waals surface area contributed by atoms with Crippen LogP contribution >= 0.6 is 31.9 Å². The minimum Gasteiger partial charge on any atom is -0.310 e. The summed E-state index contributed by atoms with van der Waals surface area (Å²) in [6.07, 6.45) is 1.05. The lowest BCUT2D eigenvalue weighted by Gasteiger charge is -2.15. The first-order valence-corrected chi connectivity index (χ1v) is 7.02. The van der Waals surface area contributed by atoms with Crippen LogP contribution in [0.5, 0.6) is 0 Å². The van der Waals surface area contributed by atoms with E-state index in [1.54, 1.807) is 6.07 Å². The summed E-state index contributed by atoms with van der Waals surface area (Å²) in [6, 6.07) is 5.52. The summed E-state index contributed by atoms with van der Waals surface area (Å²) < 4.78 is 13.8. The second kappa shape index (κ2) is 6.72. The average molecular weight is 353 g/mol. The van der Waals surface area contributed by atoms with Crippen molar-refractivity contribution in [3.8, 4) is 0 Å². The molecule has 0 aliphatic heterocycles. The largest absolute Gasteiger partial charge is 0.310 e. The Balaban J connectivity index is 2.51. The number of nitrogens with one attached hydrogen (secondary N) is 1. The van der Waals surface area contributed by atoms with Crippen LogP contribution in [-0.2, 0) is 6.54 Å². The van der Waals surface area contributed by atoms with Crippen molar-refractivity contribution in [3.63, 3.8) is 0 Å². The van der Waals surface area contributed by atoms with Gasteiger partial charge in [0.15, 0.2) is 0 Å². The Hall–Kier alpha value is 0.0700. The summed E-state index contributed by atoms with van der Waals surface area (Å²) in [6.45, 7) is 4.93. The molecule has 2 unspecified atom stereocenters.